The number of H-pyrrole nitrogens is 2. The van der Waals surface area contributed by atoms with Crippen LogP contribution in [-0.4, -0.2) is 97.7 Å². The van der Waals surface area contributed by atoms with E-state index in [2.05, 4.69) is 30.8 Å². The number of rotatable bonds is 7. The summed E-state index contributed by atoms with van der Waals surface area (Å²) in [6, 6.07) is 4.01. The average Bonchev–Trinajstić information content (AvgIpc) is 3.34. The molecule has 1 aliphatic carbocycles. The fourth-order valence-electron chi connectivity index (χ4n) is 5.64. The molecule has 0 spiro atoms. The highest BCUT2D eigenvalue weighted by Gasteiger charge is 2.41. The van der Waals surface area contributed by atoms with E-state index in [1.165, 1.54) is 24.4 Å². The molecule has 6 rings (SSSR count). The number of halogens is 4. The van der Waals surface area contributed by atoms with Gasteiger partial charge in [0, 0.05) is 73.9 Å². The van der Waals surface area contributed by atoms with Crippen LogP contribution < -0.4 is 10.6 Å². The van der Waals surface area contributed by atoms with E-state index in [1.54, 1.807) is 9.80 Å². The summed E-state index contributed by atoms with van der Waals surface area (Å²) in [5.41, 5.74) is 0.378. The van der Waals surface area contributed by atoms with Crippen LogP contribution in [-0.2, 0) is 17.4 Å². The molecule has 0 bridgehead atoms. The van der Waals surface area contributed by atoms with Gasteiger partial charge in [-0.1, -0.05) is 11.6 Å². The van der Waals surface area contributed by atoms with E-state index in [-0.39, 0.29) is 46.1 Å². The molecule has 2 aromatic heterocycles. The van der Waals surface area contributed by atoms with Crippen molar-refractivity contribution >= 4 is 35.0 Å². The smallest absolute Gasteiger partial charge is 0.392 e. The molecule has 2 saturated heterocycles. The van der Waals surface area contributed by atoms with Gasteiger partial charge >= 0.3 is 6.18 Å². The number of hydrogen-bond acceptors (Lipinski definition) is 7. The summed E-state index contributed by atoms with van der Waals surface area (Å²) in [5, 5.41) is 21.5. The molecule has 3 amide bonds. The number of imidazole rings is 1. The minimum absolute atomic E-state index is 0.0164. The zero-order valence-corrected chi connectivity index (χ0v) is 24.1. The molecule has 3 aromatic rings. The van der Waals surface area contributed by atoms with Crippen LogP contribution in [0.1, 0.15) is 68.8 Å². The molecule has 5 N–H and O–H groups in total. The van der Waals surface area contributed by atoms with Crippen molar-refractivity contribution in [2.45, 2.75) is 49.9 Å². The summed E-state index contributed by atoms with van der Waals surface area (Å²) in [6.07, 6.45) is -2.01. The Balaban J connectivity index is 1.06. The number of aromatic nitrogens is 4. The normalized spacial score (nSPS) is 20.7. The van der Waals surface area contributed by atoms with E-state index in [4.69, 9.17) is 11.6 Å². The third-order valence-corrected chi connectivity index (χ3v) is 8.42. The molecule has 1 saturated carbocycles. The standard InChI is InChI=1S/C28H30ClF3N8O4/c29-20-10-15(3-4-18(20)26(43)39-5-7-40(8-6-39)27(44)21-11-17(41)13-33-21)36-25(42)24-34-12-16(35-24)9-19-22(14-1-2-14)37-38-23(19)28(30,31)32/h3-4,10,12,14,17,21,33,41H,1-2,5-9,11,13H2,(H,34,35)(H,36,42)(H,37,38)/t17-,21+/m0/s1. The number of aliphatic hydroxyl groups is 1. The summed E-state index contributed by atoms with van der Waals surface area (Å²) >= 11 is 6.41. The van der Waals surface area contributed by atoms with Gasteiger partial charge in [0.25, 0.3) is 11.8 Å². The number of piperazine rings is 1. The number of nitrogens with zero attached hydrogens (tertiary/aromatic N) is 4. The van der Waals surface area contributed by atoms with Crippen LogP contribution >= 0.6 is 11.6 Å². The molecule has 2 aliphatic heterocycles. The zero-order valence-electron chi connectivity index (χ0n) is 23.4. The lowest BCUT2D eigenvalue weighted by molar-refractivity contribution is -0.141. The SMILES string of the molecule is O=C(Nc1ccc(C(=O)N2CCN(C(=O)[C@H]3C[C@H](O)CN3)CC2)c(Cl)c1)c1ncc(Cc2c(C(F)(F)F)n[nH]c2C2CC2)[nH]1. The van der Waals surface area contributed by atoms with E-state index in [1.807, 2.05) is 0 Å². The van der Waals surface area contributed by atoms with Crippen molar-refractivity contribution in [2.24, 2.45) is 0 Å². The van der Waals surface area contributed by atoms with Gasteiger partial charge in [-0.05, 0) is 37.5 Å². The molecule has 12 nitrogen and oxygen atoms in total. The van der Waals surface area contributed by atoms with E-state index in [0.29, 0.717) is 56.2 Å². The summed E-state index contributed by atoms with van der Waals surface area (Å²) in [5.74, 6) is -1.13. The Hall–Kier alpha value is -3.95. The Labute approximate surface area is 254 Å². The first-order chi connectivity index (χ1) is 21.0. The van der Waals surface area contributed by atoms with E-state index in [0.717, 1.165) is 12.8 Å². The first kappa shape index (κ1) is 30.1. The molecule has 16 heteroatoms. The number of benzene rings is 1. The highest BCUT2D eigenvalue weighted by atomic mass is 35.5. The van der Waals surface area contributed by atoms with Crippen molar-refractivity contribution in [3.8, 4) is 0 Å². The van der Waals surface area contributed by atoms with Crippen molar-refractivity contribution in [1.29, 1.82) is 0 Å². The minimum Gasteiger partial charge on any atom is -0.392 e. The molecule has 2 atom stereocenters. The van der Waals surface area contributed by atoms with Gasteiger partial charge in [-0.3, -0.25) is 19.5 Å². The quantitative estimate of drug-likeness (QED) is 0.267. The Morgan fingerprint density at radius 3 is 2.48 bits per heavy atom. The second kappa shape index (κ2) is 11.9. The maximum Gasteiger partial charge on any atom is 0.435 e. The number of carbonyl (C=O) groups is 3. The van der Waals surface area contributed by atoms with E-state index >= 15 is 0 Å². The number of β-amino-alcohol motifs (C(OH)–C–C–N with tert-alkyl or cyclic N) is 1. The van der Waals surface area contributed by atoms with Crippen LogP contribution in [0.5, 0.6) is 0 Å². The maximum atomic E-state index is 13.5. The minimum atomic E-state index is -4.61. The van der Waals surface area contributed by atoms with Gasteiger partial charge in [-0.15, -0.1) is 0 Å². The van der Waals surface area contributed by atoms with Crippen molar-refractivity contribution in [3.63, 3.8) is 0 Å². The monoisotopic (exact) mass is 634 g/mol. The highest BCUT2D eigenvalue weighted by Crippen LogP contribution is 2.44. The largest absolute Gasteiger partial charge is 0.435 e. The first-order valence-electron chi connectivity index (χ1n) is 14.3. The lowest BCUT2D eigenvalue weighted by Gasteiger charge is -2.36. The lowest BCUT2D eigenvalue weighted by atomic mass is 10.0. The number of aromatic amines is 2. The highest BCUT2D eigenvalue weighted by molar-refractivity contribution is 6.34. The Morgan fingerprint density at radius 1 is 1.11 bits per heavy atom. The van der Waals surface area contributed by atoms with Crippen LogP contribution in [0.2, 0.25) is 5.02 Å². The van der Waals surface area contributed by atoms with E-state index < -0.39 is 29.9 Å². The molecule has 3 aliphatic rings. The number of nitrogens with one attached hydrogen (secondary N) is 4. The summed E-state index contributed by atoms with van der Waals surface area (Å²) in [7, 11) is 0. The molecule has 0 radical (unpaired) electrons. The van der Waals surface area contributed by atoms with Gasteiger partial charge in [-0.2, -0.15) is 18.3 Å². The lowest BCUT2D eigenvalue weighted by Crippen LogP contribution is -2.54. The number of aliphatic hydroxyl groups excluding tert-OH is 1. The molecular formula is C28H30ClF3N8O4. The van der Waals surface area contributed by atoms with Crippen LogP contribution in [0.25, 0.3) is 0 Å². The van der Waals surface area contributed by atoms with Crippen molar-refractivity contribution in [1.82, 2.24) is 35.3 Å². The van der Waals surface area contributed by atoms with Gasteiger partial charge in [0.1, 0.15) is 0 Å². The predicted octanol–water partition coefficient (Wildman–Crippen LogP) is 2.53. The summed E-state index contributed by atoms with van der Waals surface area (Å²) in [6.45, 7) is 1.74. The van der Waals surface area contributed by atoms with Gasteiger partial charge in [0.2, 0.25) is 5.91 Å². The number of amides is 3. The molecule has 0 unspecified atom stereocenters. The Morgan fingerprint density at radius 2 is 1.84 bits per heavy atom. The predicted molar refractivity (Wildman–Crippen MR) is 151 cm³/mol. The molecule has 234 valence electrons. The van der Waals surface area contributed by atoms with Gasteiger partial charge in [0.15, 0.2) is 11.5 Å². The Kier molecular flexibility index (Phi) is 8.11. The number of carbonyl (C=O) groups excluding carboxylic acids is 3. The molecular weight excluding hydrogens is 605 g/mol. The Bertz CT molecular complexity index is 1580. The second-order valence-corrected chi connectivity index (χ2v) is 11.7. The molecule has 1 aromatic carbocycles. The van der Waals surface area contributed by atoms with Crippen molar-refractivity contribution < 1.29 is 32.7 Å². The number of anilines is 1. The summed E-state index contributed by atoms with van der Waals surface area (Å²) in [4.78, 5) is 48.8. The third kappa shape index (κ3) is 6.30. The number of alkyl halides is 3. The second-order valence-electron chi connectivity index (χ2n) is 11.3. The summed E-state index contributed by atoms with van der Waals surface area (Å²) < 4.78 is 40.6. The molecule has 3 fully saturated rings. The average molecular weight is 635 g/mol. The van der Waals surface area contributed by atoms with E-state index in [9.17, 15) is 32.7 Å². The van der Waals surface area contributed by atoms with Gasteiger partial charge in [-0.25, -0.2) is 4.98 Å². The van der Waals surface area contributed by atoms with Crippen molar-refractivity contribution in [2.75, 3.05) is 38.0 Å². The van der Waals surface area contributed by atoms with Gasteiger partial charge < -0.3 is 30.5 Å². The topological polar surface area (TPSA) is 159 Å². The molecule has 4 heterocycles. The first-order valence-corrected chi connectivity index (χ1v) is 14.6. The van der Waals surface area contributed by atoms with Crippen molar-refractivity contribution in [3.05, 3.63) is 63.5 Å². The van der Waals surface area contributed by atoms with Crippen LogP contribution in [0, 0.1) is 0 Å². The molecule has 44 heavy (non-hydrogen) atoms. The van der Waals surface area contributed by atoms with Crippen LogP contribution in [0.15, 0.2) is 24.4 Å². The van der Waals surface area contributed by atoms with Crippen LogP contribution in [0.3, 0.4) is 0 Å². The third-order valence-electron chi connectivity index (χ3n) is 8.11. The zero-order chi connectivity index (χ0) is 31.2. The van der Waals surface area contributed by atoms with Crippen LogP contribution in [0.4, 0.5) is 18.9 Å². The fourth-order valence-corrected chi connectivity index (χ4v) is 5.90. The number of hydrogen-bond donors (Lipinski definition) is 5. The fraction of sp³-hybridized carbons (Fsp3) is 0.464. The van der Waals surface area contributed by atoms with Gasteiger partial charge in [0.05, 0.1) is 22.7 Å². The maximum absolute atomic E-state index is 13.5.